The average Bonchev–Trinajstić information content (AvgIpc) is 2.77. The third-order valence-electron chi connectivity index (χ3n) is 3.11. The van der Waals surface area contributed by atoms with Gasteiger partial charge in [-0.2, -0.15) is 0 Å². The lowest BCUT2D eigenvalue weighted by Crippen LogP contribution is -2.10. The molecule has 4 N–H and O–H groups in total. The molecule has 106 valence electrons. The summed E-state index contributed by atoms with van der Waals surface area (Å²) in [5.41, 5.74) is 13.0. The molecule has 0 unspecified atom stereocenters. The van der Waals surface area contributed by atoms with Gasteiger partial charge in [0.15, 0.2) is 5.82 Å². The van der Waals surface area contributed by atoms with Crippen LogP contribution < -0.4 is 11.5 Å². The van der Waals surface area contributed by atoms with Crippen molar-refractivity contribution in [2.45, 2.75) is 6.92 Å². The molecule has 3 rings (SSSR count). The van der Waals surface area contributed by atoms with Crippen LogP contribution in [0.2, 0.25) is 5.02 Å². The second-order valence-electron chi connectivity index (χ2n) is 4.50. The van der Waals surface area contributed by atoms with E-state index in [1.165, 1.54) is 11.3 Å². The first-order chi connectivity index (χ1) is 9.99. The van der Waals surface area contributed by atoms with E-state index >= 15 is 0 Å². The number of aryl methyl sites for hydroxylation is 1. The van der Waals surface area contributed by atoms with Gasteiger partial charge in [0.25, 0.3) is 5.91 Å². The summed E-state index contributed by atoms with van der Waals surface area (Å²) in [6.07, 6.45) is 0. The molecule has 21 heavy (non-hydrogen) atoms. The number of halogens is 1. The molecule has 5 nitrogen and oxygen atoms in total. The summed E-state index contributed by atoms with van der Waals surface area (Å²) in [6.45, 7) is 1.82. The summed E-state index contributed by atoms with van der Waals surface area (Å²) in [5.74, 6) is -0.0583. The van der Waals surface area contributed by atoms with Crippen LogP contribution in [-0.4, -0.2) is 15.9 Å². The van der Waals surface area contributed by atoms with E-state index in [1.807, 2.05) is 25.1 Å². The minimum atomic E-state index is -0.561. The van der Waals surface area contributed by atoms with Crippen molar-refractivity contribution in [2.24, 2.45) is 5.73 Å². The van der Waals surface area contributed by atoms with Gasteiger partial charge in [0.2, 0.25) is 0 Å². The quantitative estimate of drug-likeness (QED) is 0.759. The van der Waals surface area contributed by atoms with Crippen LogP contribution >= 0.6 is 22.9 Å². The standard InChI is InChI=1S/C14H11ClN4OS/c1-6-9-10(16)11(12(17)20)21-14(9)19-13(18-6)7-4-2-3-5-8(7)15/h2-5H,16H2,1H3,(H2,17,20). The number of amides is 1. The number of benzene rings is 1. The molecule has 0 aliphatic heterocycles. The van der Waals surface area contributed by atoms with E-state index in [9.17, 15) is 4.79 Å². The van der Waals surface area contributed by atoms with Crippen LogP contribution in [0, 0.1) is 6.92 Å². The Bertz CT molecular complexity index is 875. The van der Waals surface area contributed by atoms with Gasteiger partial charge >= 0.3 is 0 Å². The fourth-order valence-electron chi connectivity index (χ4n) is 2.14. The van der Waals surface area contributed by atoms with Crippen molar-refractivity contribution in [1.29, 1.82) is 0 Å². The monoisotopic (exact) mass is 318 g/mol. The minimum Gasteiger partial charge on any atom is -0.397 e. The Balaban J connectivity index is 2.29. The van der Waals surface area contributed by atoms with E-state index in [0.717, 1.165) is 5.56 Å². The van der Waals surface area contributed by atoms with Crippen LogP contribution in [0.1, 0.15) is 15.4 Å². The topological polar surface area (TPSA) is 94.9 Å². The van der Waals surface area contributed by atoms with Crippen LogP contribution in [0.3, 0.4) is 0 Å². The molecule has 0 aliphatic rings. The lowest BCUT2D eigenvalue weighted by Gasteiger charge is -2.05. The number of carbonyl (C=O) groups excluding carboxylic acids is 1. The molecule has 0 spiro atoms. The molecule has 1 aromatic carbocycles. The number of hydrogen-bond acceptors (Lipinski definition) is 5. The molecule has 0 radical (unpaired) electrons. The summed E-state index contributed by atoms with van der Waals surface area (Å²) in [4.78, 5) is 21.2. The molecule has 0 aliphatic carbocycles. The van der Waals surface area contributed by atoms with Crippen molar-refractivity contribution in [3.8, 4) is 11.4 Å². The number of nitrogens with two attached hydrogens (primary N) is 2. The summed E-state index contributed by atoms with van der Waals surface area (Å²) in [6, 6.07) is 7.32. The Labute approximate surface area is 129 Å². The van der Waals surface area contributed by atoms with E-state index in [0.29, 0.717) is 37.3 Å². The van der Waals surface area contributed by atoms with Crippen molar-refractivity contribution < 1.29 is 4.79 Å². The maximum atomic E-state index is 11.4. The summed E-state index contributed by atoms with van der Waals surface area (Å²) in [5, 5.41) is 1.24. The van der Waals surface area contributed by atoms with Gasteiger partial charge in [-0.05, 0) is 19.1 Å². The molecule has 2 heterocycles. The van der Waals surface area contributed by atoms with E-state index in [-0.39, 0.29) is 0 Å². The number of nitrogen functional groups attached to an aromatic ring is 1. The third kappa shape index (κ3) is 2.22. The predicted octanol–water partition coefficient (Wildman–Crippen LogP) is 3.00. The van der Waals surface area contributed by atoms with Gasteiger partial charge < -0.3 is 11.5 Å². The Morgan fingerprint density at radius 2 is 2.00 bits per heavy atom. The van der Waals surface area contributed by atoms with Crippen LogP contribution in [0.15, 0.2) is 24.3 Å². The maximum Gasteiger partial charge on any atom is 0.260 e. The van der Waals surface area contributed by atoms with Crippen molar-refractivity contribution >= 4 is 44.7 Å². The molecule has 0 saturated carbocycles. The highest BCUT2D eigenvalue weighted by atomic mass is 35.5. The summed E-state index contributed by atoms with van der Waals surface area (Å²) < 4.78 is 0. The number of primary amides is 1. The van der Waals surface area contributed by atoms with Gasteiger partial charge in [0.05, 0.1) is 21.8 Å². The number of nitrogens with zero attached hydrogens (tertiary/aromatic N) is 2. The largest absolute Gasteiger partial charge is 0.397 e. The molecule has 1 amide bonds. The van der Waals surface area contributed by atoms with E-state index in [1.54, 1.807) is 6.07 Å². The maximum absolute atomic E-state index is 11.4. The summed E-state index contributed by atoms with van der Waals surface area (Å²) in [7, 11) is 0. The zero-order chi connectivity index (χ0) is 15.1. The Morgan fingerprint density at radius 1 is 1.29 bits per heavy atom. The van der Waals surface area contributed by atoms with Gasteiger partial charge in [-0.15, -0.1) is 11.3 Å². The SMILES string of the molecule is Cc1nc(-c2ccccc2Cl)nc2sc(C(N)=O)c(N)c12. The molecule has 0 fully saturated rings. The van der Waals surface area contributed by atoms with E-state index in [4.69, 9.17) is 23.1 Å². The normalized spacial score (nSPS) is 11.0. The number of fused-ring (bicyclic) bond motifs is 1. The van der Waals surface area contributed by atoms with Crippen LogP contribution in [0.5, 0.6) is 0 Å². The highest BCUT2D eigenvalue weighted by Gasteiger charge is 2.19. The third-order valence-corrected chi connectivity index (χ3v) is 4.55. The highest BCUT2D eigenvalue weighted by Crippen LogP contribution is 2.35. The lowest BCUT2D eigenvalue weighted by atomic mass is 10.2. The van der Waals surface area contributed by atoms with Crippen LogP contribution in [0.25, 0.3) is 21.6 Å². The van der Waals surface area contributed by atoms with Gasteiger partial charge in [0.1, 0.15) is 9.71 Å². The predicted molar refractivity (Wildman–Crippen MR) is 85.5 cm³/mol. The zero-order valence-electron chi connectivity index (χ0n) is 11.1. The van der Waals surface area contributed by atoms with Gasteiger partial charge in [0, 0.05) is 5.56 Å². The smallest absolute Gasteiger partial charge is 0.260 e. The molecular weight excluding hydrogens is 308 g/mol. The van der Waals surface area contributed by atoms with E-state index < -0.39 is 5.91 Å². The van der Waals surface area contributed by atoms with E-state index in [2.05, 4.69) is 9.97 Å². The number of thiophene rings is 1. The fourth-order valence-corrected chi connectivity index (χ4v) is 3.36. The first-order valence-corrected chi connectivity index (χ1v) is 7.29. The zero-order valence-corrected chi connectivity index (χ0v) is 12.6. The van der Waals surface area contributed by atoms with Crippen LogP contribution in [-0.2, 0) is 0 Å². The first kappa shape index (κ1) is 13.8. The van der Waals surface area contributed by atoms with Crippen molar-refractivity contribution in [1.82, 2.24) is 9.97 Å². The molecule has 0 bridgehead atoms. The molecule has 3 aromatic rings. The van der Waals surface area contributed by atoms with Crippen LogP contribution in [0.4, 0.5) is 5.69 Å². The second kappa shape index (κ2) is 4.98. The Morgan fingerprint density at radius 3 is 2.67 bits per heavy atom. The van der Waals surface area contributed by atoms with Crippen molar-refractivity contribution in [3.63, 3.8) is 0 Å². The molecule has 0 atom stereocenters. The van der Waals surface area contributed by atoms with Gasteiger partial charge in [-0.3, -0.25) is 4.79 Å². The highest BCUT2D eigenvalue weighted by molar-refractivity contribution is 7.21. The fraction of sp³-hybridized carbons (Fsp3) is 0.0714. The number of rotatable bonds is 2. The summed E-state index contributed by atoms with van der Waals surface area (Å²) >= 11 is 7.34. The Kier molecular flexibility index (Phi) is 3.27. The number of carbonyl (C=O) groups is 1. The average molecular weight is 319 g/mol. The van der Waals surface area contributed by atoms with Crippen molar-refractivity contribution in [2.75, 3.05) is 5.73 Å². The molecule has 7 heteroatoms. The number of hydrogen-bond donors (Lipinski definition) is 2. The lowest BCUT2D eigenvalue weighted by molar-refractivity contribution is 0.100. The Hall–Kier alpha value is -2.18. The molecule has 2 aromatic heterocycles. The second-order valence-corrected chi connectivity index (χ2v) is 5.91. The van der Waals surface area contributed by atoms with Gasteiger partial charge in [-0.25, -0.2) is 9.97 Å². The molecule has 0 saturated heterocycles. The first-order valence-electron chi connectivity index (χ1n) is 6.10. The molecular formula is C14H11ClN4OS. The number of aromatic nitrogens is 2. The number of anilines is 1. The van der Waals surface area contributed by atoms with Gasteiger partial charge in [-0.1, -0.05) is 23.7 Å². The minimum absolute atomic E-state index is 0.304. The van der Waals surface area contributed by atoms with Crippen molar-refractivity contribution in [3.05, 3.63) is 39.9 Å².